The molecular weight excluding hydrogens is 216 g/mol. The fourth-order valence-corrected chi connectivity index (χ4v) is 1.73. The van der Waals surface area contributed by atoms with Gasteiger partial charge in [0.2, 0.25) is 0 Å². The van der Waals surface area contributed by atoms with Gasteiger partial charge in [0, 0.05) is 6.42 Å². The highest BCUT2D eigenvalue weighted by Crippen LogP contribution is 2.24. The Morgan fingerprint density at radius 1 is 1.56 bits per heavy atom. The summed E-state index contributed by atoms with van der Waals surface area (Å²) >= 11 is 0. The number of hydrogen-bond acceptors (Lipinski definition) is 6. The molecule has 7 heteroatoms. The predicted octanol–water partition coefficient (Wildman–Crippen LogP) is -1.76. The van der Waals surface area contributed by atoms with Crippen LogP contribution in [0, 0.1) is 0 Å². The minimum absolute atomic E-state index is 0.183. The van der Waals surface area contributed by atoms with E-state index < -0.39 is 24.3 Å². The van der Waals surface area contributed by atoms with Crippen LogP contribution in [0.4, 0.5) is 0 Å². The zero-order chi connectivity index (χ0) is 11.7. The minimum atomic E-state index is -0.823. The molecule has 2 N–H and O–H groups in total. The van der Waals surface area contributed by atoms with Crippen LogP contribution < -0.4 is 0 Å². The molecule has 0 bridgehead atoms. The van der Waals surface area contributed by atoms with Crippen molar-refractivity contribution in [1.29, 1.82) is 0 Å². The van der Waals surface area contributed by atoms with E-state index in [4.69, 9.17) is 9.84 Å². The largest absolute Gasteiger partial charge is 0.394 e. The molecule has 16 heavy (non-hydrogen) atoms. The van der Waals surface area contributed by atoms with Gasteiger partial charge in [0.05, 0.1) is 25.3 Å². The smallest absolute Gasteiger partial charge is 0.252 e. The van der Waals surface area contributed by atoms with Gasteiger partial charge >= 0.3 is 0 Å². The summed E-state index contributed by atoms with van der Waals surface area (Å²) in [5.74, 6) is -0.804. The normalized spacial score (nSPS) is 34.9. The third-order valence-corrected chi connectivity index (χ3v) is 2.56. The van der Waals surface area contributed by atoms with Gasteiger partial charge in [-0.15, -0.1) is 0 Å². The third-order valence-electron chi connectivity index (χ3n) is 2.56. The Balaban J connectivity index is 2.07. The number of rotatable bonds is 2. The minimum Gasteiger partial charge on any atom is -0.394 e. The number of hydrazone groups is 1. The van der Waals surface area contributed by atoms with Gasteiger partial charge in [-0.3, -0.25) is 9.59 Å². The summed E-state index contributed by atoms with van der Waals surface area (Å²) in [6.07, 6.45) is -1.22. The van der Waals surface area contributed by atoms with E-state index in [1.54, 1.807) is 0 Å². The van der Waals surface area contributed by atoms with Gasteiger partial charge in [-0.1, -0.05) is 0 Å². The topological polar surface area (TPSA) is 99.4 Å². The van der Waals surface area contributed by atoms with Crippen LogP contribution >= 0.6 is 0 Å². The number of ketones is 1. The van der Waals surface area contributed by atoms with Crippen molar-refractivity contribution in [2.75, 3.05) is 6.61 Å². The third kappa shape index (κ3) is 1.97. The lowest BCUT2D eigenvalue weighted by Gasteiger charge is -2.25. The number of hydrogen-bond donors (Lipinski definition) is 2. The van der Waals surface area contributed by atoms with Crippen LogP contribution in [0.2, 0.25) is 0 Å². The molecule has 0 aliphatic carbocycles. The van der Waals surface area contributed by atoms with Crippen molar-refractivity contribution >= 4 is 17.9 Å². The first-order chi connectivity index (χ1) is 7.61. The highest BCUT2D eigenvalue weighted by atomic mass is 16.5. The monoisotopic (exact) mass is 228 g/mol. The van der Waals surface area contributed by atoms with Gasteiger partial charge in [0.15, 0.2) is 12.0 Å². The lowest BCUT2D eigenvalue weighted by Crippen LogP contribution is -2.40. The SMILES string of the molecule is O=C1C=NN([C@H]2C[C@H](O)[C@@H](CO)O2)C(=O)C1. The number of amides is 1. The Kier molecular flexibility index (Phi) is 2.99. The van der Waals surface area contributed by atoms with E-state index in [0.29, 0.717) is 0 Å². The van der Waals surface area contributed by atoms with Gasteiger partial charge < -0.3 is 14.9 Å². The molecule has 0 aromatic carbocycles. The van der Waals surface area contributed by atoms with Crippen LogP contribution in [0.5, 0.6) is 0 Å². The maximum Gasteiger partial charge on any atom is 0.252 e. The van der Waals surface area contributed by atoms with Crippen molar-refractivity contribution in [3.63, 3.8) is 0 Å². The lowest BCUT2D eigenvalue weighted by atomic mass is 10.2. The van der Waals surface area contributed by atoms with Crippen molar-refractivity contribution in [3.05, 3.63) is 0 Å². The molecule has 2 aliphatic heterocycles. The number of carbonyl (C=O) groups is 2. The number of ether oxygens (including phenoxy) is 1. The number of Topliss-reactive ketones (excluding diaryl/α,β-unsaturated/α-hetero) is 1. The molecule has 3 atom stereocenters. The van der Waals surface area contributed by atoms with Crippen LogP contribution in [0.3, 0.4) is 0 Å². The molecule has 2 aliphatic rings. The molecule has 1 fully saturated rings. The predicted molar refractivity (Wildman–Crippen MR) is 51.3 cm³/mol. The second kappa shape index (κ2) is 4.28. The van der Waals surface area contributed by atoms with Crippen molar-refractivity contribution in [2.45, 2.75) is 31.3 Å². The molecule has 0 unspecified atom stereocenters. The zero-order valence-electron chi connectivity index (χ0n) is 8.44. The quantitative estimate of drug-likeness (QED) is 0.545. The molecule has 2 heterocycles. The zero-order valence-corrected chi connectivity index (χ0v) is 8.44. The second-order valence-electron chi connectivity index (χ2n) is 3.74. The van der Waals surface area contributed by atoms with E-state index in [9.17, 15) is 14.7 Å². The summed E-state index contributed by atoms with van der Waals surface area (Å²) in [6.45, 7) is -0.317. The molecule has 88 valence electrons. The van der Waals surface area contributed by atoms with Crippen LogP contribution in [0.25, 0.3) is 0 Å². The van der Waals surface area contributed by atoms with Gasteiger partial charge in [0.1, 0.15) is 6.10 Å². The maximum atomic E-state index is 11.5. The summed E-state index contributed by atoms with van der Waals surface area (Å²) in [5, 5.41) is 23.1. The van der Waals surface area contributed by atoms with Crippen LogP contribution in [-0.4, -0.2) is 58.2 Å². The first-order valence-corrected chi connectivity index (χ1v) is 4.95. The lowest BCUT2D eigenvalue weighted by molar-refractivity contribution is -0.149. The fraction of sp³-hybridized carbons (Fsp3) is 0.667. The van der Waals surface area contributed by atoms with E-state index in [2.05, 4.69) is 5.10 Å². The standard InChI is InChI=1S/C9H12N2O5/c12-4-7-6(14)2-9(16-7)11-8(15)1-5(13)3-10-11/h3,6-7,9,12,14H,1-2,4H2/t6-,7+,9+/m0/s1. The molecule has 0 aromatic rings. The van der Waals surface area contributed by atoms with Crippen molar-refractivity contribution in [3.8, 4) is 0 Å². The van der Waals surface area contributed by atoms with E-state index in [1.165, 1.54) is 0 Å². The summed E-state index contributed by atoms with van der Waals surface area (Å²) in [4.78, 5) is 22.4. The number of aliphatic hydroxyl groups is 2. The van der Waals surface area contributed by atoms with Gasteiger partial charge in [-0.25, -0.2) is 5.01 Å². The Labute approximate surface area is 91.3 Å². The van der Waals surface area contributed by atoms with Crippen molar-refractivity contribution in [1.82, 2.24) is 5.01 Å². The second-order valence-corrected chi connectivity index (χ2v) is 3.74. The molecule has 0 saturated carbocycles. The number of nitrogens with zero attached hydrogens (tertiary/aromatic N) is 2. The molecular formula is C9H12N2O5. The Morgan fingerprint density at radius 3 is 2.88 bits per heavy atom. The van der Waals surface area contributed by atoms with Crippen molar-refractivity contribution < 1.29 is 24.5 Å². The summed E-state index contributed by atoms with van der Waals surface area (Å²) in [5.41, 5.74) is 0. The van der Waals surface area contributed by atoms with E-state index in [-0.39, 0.29) is 25.2 Å². The van der Waals surface area contributed by atoms with E-state index in [1.807, 2.05) is 0 Å². The highest BCUT2D eigenvalue weighted by molar-refractivity contribution is 6.32. The summed E-state index contributed by atoms with van der Waals surface area (Å²) < 4.78 is 5.25. The summed E-state index contributed by atoms with van der Waals surface area (Å²) in [6, 6.07) is 0. The van der Waals surface area contributed by atoms with Gasteiger partial charge in [0.25, 0.3) is 5.91 Å². The molecule has 7 nitrogen and oxygen atoms in total. The summed E-state index contributed by atoms with van der Waals surface area (Å²) in [7, 11) is 0. The van der Waals surface area contributed by atoms with Crippen molar-refractivity contribution in [2.24, 2.45) is 5.10 Å². The number of aliphatic hydroxyl groups excluding tert-OH is 2. The average Bonchev–Trinajstić information content (AvgIpc) is 2.59. The molecule has 1 saturated heterocycles. The Hall–Kier alpha value is -1.31. The van der Waals surface area contributed by atoms with Crippen LogP contribution in [-0.2, 0) is 14.3 Å². The van der Waals surface area contributed by atoms with Gasteiger partial charge in [-0.05, 0) is 0 Å². The molecule has 0 aromatic heterocycles. The Morgan fingerprint density at radius 2 is 2.31 bits per heavy atom. The molecule has 0 spiro atoms. The molecule has 0 radical (unpaired) electrons. The molecule has 2 rings (SSSR count). The maximum absolute atomic E-state index is 11.5. The average molecular weight is 228 g/mol. The van der Waals surface area contributed by atoms with Crippen LogP contribution in [0.15, 0.2) is 5.10 Å². The van der Waals surface area contributed by atoms with E-state index in [0.717, 1.165) is 11.2 Å². The fourth-order valence-electron chi connectivity index (χ4n) is 1.73. The first kappa shape index (κ1) is 11.2. The van der Waals surface area contributed by atoms with Crippen LogP contribution in [0.1, 0.15) is 12.8 Å². The number of carbonyl (C=O) groups excluding carboxylic acids is 2. The Bertz CT molecular complexity index is 343. The highest BCUT2D eigenvalue weighted by Gasteiger charge is 2.39. The first-order valence-electron chi connectivity index (χ1n) is 4.95. The van der Waals surface area contributed by atoms with Gasteiger partial charge in [-0.2, -0.15) is 5.10 Å². The van der Waals surface area contributed by atoms with E-state index >= 15 is 0 Å². The molecule has 1 amide bonds.